The molecule has 4 heteroatoms. The van der Waals surface area contributed by atoms with Crippen molar-refractivity contribution in [1.29, 1.82) is 0 Å². The lowest BCUT2D eigenvalue weighted by Gasteiger charge is -2.09. The molecule has 0 N–H and O–H groups in total. The molecule has 2 aliphatic rings. The van der Waals surface area contributed by atoms with Crippen molar-refractivity contribution in [3.8, 4) is 0 Å². The maximum Gasteiger partial charge on any atom is 0.150 e. The number of ether oxygens (including phenoxy) is 2. The van der Waals surface area contributed by atoms with Crippen LogP contribution in [-0.4, -0.2) is 31.1 Å². The van der Waals surface area contributed by atoms with Gasteiger partial charge in [-0.1, -0.05) is 42.5 Å². The van der Waals surface area contributed by atoms with Crippen LogP contribution in [0, 0.1) is 0 Å². The third kappa shape index (κ3) is 2.52. The van der Waals surface area contributed by atoms with Gasteiger partial charge >= 0.3 is 0 Å². The molecule has 0 amide bonds. The minimum atomic E-state index is -2.31. The molecule has 17 heavy (non-hydrogen) atoms. The van der Waals surface area contributed by atoms with Gasteiger partial charge in [-0.25, -0.2) is 0 Å². The maximum absolute atomic E-state index is 12.6. The summed E-state index contributed by atoms with van der Waals surface area (Å²) in [6, 6.07) is 10.0. The lowest BCUT2D eigenvalue weighted by atomic mass is 10.2. The minimum absolute atomic E-state index is 0.0459. The second kappa shape index (κ2) is 4.41. The van der Waals surface area contributed by atoms with E-state index in [1.54, 1.807) is 0 Å². The Bertz CT molecular complexity index is 445. The van der Waals surface area contributed by atoms with E-state index in [-0.39, 0.29) is 11.7 Å². The van der Waals surface area contributed by atoms with Gasteiger partial charge in [-0.15, -0.1) is 0 Å². The second-order valence-electron chi connectivity index (χ2n) is 4.43. The summed E-state index contributed by atoms with van der Waals surface area (Å²) in [5, 5.41) is 0. The van der Waals surface area contributed by atoms with E-state index in [0.717, 1.165) is 5.56 Å². The summed E-state index contributed by atoms with van der Waals surface area (Å²) in [7, 11) is -2.31. The quantitative estimate of drug-likeness (QED) is 0.596. The summed E-state index contributed by atoms with van der Waals surface area (Å²) < 4.78 is 23.0. The third-order valence-electron chi connectivity index (χ3n) is 3.11. The third-order valence-corrected chi connectivity index (χ3v) is 6.43. The summed E-state index contributed by atoms with van der Waals surface area (Å²) in [4.78, 5) is 0. The zero-order valence-corrected chi connectivity index (χ0v) is 10.4. The van der Waals surface area contributed by atoms with Crippen LogP contribution in [0.25, 0.3) is 6.08 Å². The molecular weight excluding hydrogens is 235 g/mol. The maximum atomic E-state index is 12.6. The number of benzene rings is 1. The van der Waals surface area contributed by atoms with Crippen molar-refractivity contribution in [2.24, 2.45) is 0 Å². The molecule has 3 nitrogen and oxygen atoms in total. The smallest absolute Gasteiger partial charge is 0.150 e. The number of allylic oxidation sites excluding steroid dienone is 1. The van der Waals surface area contributed by atoms with Crippen LogP contribution in [0.2, 0.25) is 0 Å². The van der Waals surface area contributed by atoms with Crippen molar-refractivity contribution in [2.45, 2.75) is 11.7 Å². The lowest BCUT2D eigenvalue weighted by Crippen LogP contribution is -2.01. The van der Waals surface area contributed by atoms with Crippen LogP contribution in [0.5, 0.6) is 0 Å². The predicted molar refractivity (Wildman–Crippen MR) is 67.4 cm³/mol. The molecular formula is C13H15O3P. The van der Waals surface area contributed by atoms with E-state index in [9.17, 15) is 4.57 Å². The molecule has 2 unspecified atom stereocenters. The van der Waals surface area contributed by atoms with E-state index < -0.39 is 7.14 Å². The van der Waals surface area contributed by atoms with Gasteiger partial charge in [0.2, 0.25) is 0 Å². The summed E-state index contributed by atoms with van der Waals surface area (Å²) in [6.45, 7) is 1.27. The van der Waals surface area contributed by atoms with Gasteiger partial charge in [-0.2, -0.15) is 0 Å². The van der Waals surface area contributed by atoms with Gasteiger partial charge in [0.05, 0.1) is 13.2 Å². The van der Waals surface area contributed by atoms with Crippen LogP contribution < -0.4 is 0 Å². The molecule has 2 aliphatic heterocycles. The topological polar surface area (TPSA) is 42.1 Å². The highest BCUT2D eigenvalue weighted by Crippen LogP contribution is 2.64. The molecule has 2 atom stereocenters. The lowest BCUT2D eigenvalue weighted by molar-refractivity contribution is 0.422. The number of hydrogen-bond donors (Lipinski definition) is 0. The molecule has 2 saturated heterocycles. The van der Waals surface area contributed by atoms with Crippen molar-refractivity contribution in [2.75, 3.05) is 19.4 Å². The number of hydrogen-bond acceptors (Lipinski definition) is 3. The van der Waals surface area contributed by atoms with Gasteiger partial charge in [0.15, 0.2) is 7.14 Å². The van der Waals surface area contributed by atoms with Crippen molar-refractivity contribution in [3.63, 3.8) is 0 Å². The molecule has 0 aromatic heterocycles. The van der Waals surface area contributed by atoms with Gasteiger partial charge in [0.25, 0.3) is 0 Å². The second-order valence-corrected chi connectivity index (χ2v) is 7.65. The Morgan fingerprint density at radius 3 is 2.29 bits per heavy atom. The summed E-state index contributed by atoms with van der Waals surface area (Å²) in [5.74, 6) is -0.0918. The Balaban J connectivity index is 1.66. The number of rotatable bonds is 5. The van der Waals surface area contributed by atoms with Crippen LogP contribution in [0.4, 0.5) is 0 Å². The zero-order valence-electron chi connectivity index (χ0n) is 9.49. The molecule has 0 bridgehead atoms. The zero-order chi connectivity index (χ0) is 11.7. The minimum Gasteiger partial charge on any atom is -0.365 e. The Morgan fingerprint density at radius 1 is 1.18 bits per heavy atom. The highest BCUT2D eigenvalue weighted by Gasteiger charge is 2.53. The Morgan fingerprint density at radius 2 is 1.76 bits per heavy atom. The van der Waals surface area contributed by atoms with Gasteiger partial charge in [0, 0.05) is 6.16 Å². The number of epoxide rings is 2. The van der Waals surface area contributed by atoms with Crippen molar-refractivity contribution >= 4 is 13.2 Å². The molecule has 0 saturated carbocycles. The summed E-state index contributed by atoms with van der Waals surface area (Å²) >= 11 is 0. The first kappa shape index (κ1) is 11.2. The fraction of sp³-hybridized carbons (Fsp3) is 0.385. The monoisotopic (exact) mass is 250 g/mol. The molecule has 90 valence electrons. The van der Waals surface area contributed by atoms with Crippen LogP contribution >= 0.6 is 7.14 Å². The first-order valence-electron chi connectivity index (χ1n) is 5.82. The molecule has 3 rings (SSSR count). The Kier molecular flexibility index (Phi) is 2.91. The first-order chi connectivity index (χ1) is 8.29. The molecule has 2 fully saturated rings. The largest absolute Gasteiger partial charge is 0.365 e. The summed E-state index contributed by atoms with van der Waals surface area (Å²) in [6.07, 6.45) is 4.58. The molecule has 0 aliphatic carbocycles. The molecule has 0 radical (unpaired) electrons. The predicted octanol–water partition coefficient (Wildman–Crippen LogP) is 2.78. The SMILES string of the molecule is O=P(C/C=C/c1ccccc1)(C1CO1)C1CO1. The highest BCUT2D eigenvalue weighted by atomic mass is 31.2. The van der Waals surface area contributed by atoms with E-state index in [1.165, 1.54) is 0 Å². The average molecular weight is 250 g/mol. The van der Waals surface area contributed by atoms with E-state index in [1.807, 2.05) is 42.5 Å². The van der Waals surface area contributed by atoms with Crippen LogP contribution in [-0.2, 0) is 14.0 Å². The molecule has 2 heterocycles. The van der Waals surface area contributed by atoms with Gasteiger partial charge in [0.1, 0.15) is 11.7 Å². The van der Waals surface area contributed by atoms with Crippen molar-refractivity contribution in [3.05, 3.63) is 42.0 Å². The van der Waals surface area contributed by atoms with Crippen molar-refractivity contribution in [1.82, 2.24) is 0 Å². The van der Waals surface area contributed by atoms with Gasteiger partial charge in [-0.05, 0) is 5.56 Å². The molecule has 0 spiro atoms. The van der Waals surface area contributed by atoms with E-state index in [2.05, 4.69) is 0 Å². The Labute approximate surface area is 101 Å². The molecule has 1 aromatic rings. The highest BCUT2D eigenvalue weighted by molar-refractivity contribution is 7.65. The Hall–Kier alpha value is -0.890. The fourth-order valence-electron chi connectivity index (χ4n) is 1.93. The van der Waals surface area contributed by atoms with E-state index in [0.29, 0.717) is 19.4 Å². The van der Waals surface area contributed by atoms with E-state index in [4.69, 9.17) is 9.47 Å². The standard InChI is InChI=1S/C13H15O3P/c14-17(12-9-15-12,13-10-16-13)8-4-7-11-5-2-1-3-6-11/h1-7,12-13H,8-10H2/b7-4+. The van der Waals surface area contributed by atoms with Crippen LogP contribution in [0.15, 0.2) is 36.4 Å². The average Bonchev–Trinajstić information content (AvgIpc) is 3.20. The first-order valence-corrected chi connectivity index (χ1v) is 7.85. The normalized spacial score (nSPS) is 30.1. The molecule has 1 aromatic carbocycles. The van der Waals surface area contributed by atoms with Gasteiger partial charge in [-0.3, -0.25) is 0 Å². The summed E-state index contributed by atoms with van der Waals surface area (Å²) in [5.41, 5.74) is 1.13. The van der Waals surface area contributed by atoms with Crippen molar-refractivity contribution < 1.29 is 14.0 Å². The van der Waals surface area contributed by atoms with Gasteiger partial charge < -0.3 is 14.0 Å². The fourth-order valence-corrected chi connectivity index (χ4v) is 4.39. The van der Waals surface area contributed by atoms with Crippen LogP contribution in [0.1, 0.15) is 5.56 Å². The van der Waals surface area contributed by atoms with E-state index >= 15 is 0 Å². The van der Waals surface area contributed by atoms with Crippen LogP contribution in [0.3, 0.4) is 0 Å².